The van der Waals surface area contributed by atoms with Crippen LogP contribution in [0.15, 0.2) is 59.1 Å². The van der Waals surface area contributed by atoms with Crippen molar-refractivity contribution in [2.45, 2.75) is 25.4 Å². The molecular formula is C25H29BrN6O2. The molecule has 8 nitrogen and oxygen atoms in total. The standard InChI is InChI=1S/C25H29BrN6O2/c1-28-23-22(24(34)29-14-21(33)17-8-3-2-4-9-17)32(15-18-10-5-6-12-20(18)26)25(30-23)31-13-7-11-19(27)16-31/h2-6,8-10,12,19,28H,7,11,13-16,27H2,1H3,(H,29,34). The van der Waals surface area contributed by atoms with Crippen LogP contribution in [0.3, 0.4) is 0 Å². The first-order valence-electron chi connectivity index (χ1n) is 11.4. The molecule has 1 fully saturated rings. The first kappa shape index (κ1) is 24.0. The second kappa shape index (κ2) is 10.8. The fourth-order valence-electron chi connectivity index (χ4n) is 4.20. The van der Waals surface area contributed by atoms with E-state index >= 15 is 0 Å². The highest BCUT2D eigenvalue weighted by Crippen LogP contribution is 2.29. The maximum Gasteiger partial charge on any atom is 0.272 e. The van der Waals surface area contributed by atoms with Gasteiger partial charge in [-0.25, -0.2) is 0 Å². The van der Waals surface area contributed by atoms with Crippen LogP contribution in [0.5, 0.6) is 0 Å². The van der Waals surface area contributed by atoms with Gasteiger partial charge in [0, 0.05) is 36.2 Å². The minimum atomic E-state index is -0.360. The summed E-state index contributed by atoms with van der Waals surface area (Å²) in [4.78, 5) is 32.9. The van der Waals surface area contributed by atoms with E-state index in [1.807, 2.05) is 34.9 Å². The van der Waals surface area contributed by atoms with Crippen molar-refractivity contribution in [3.05, 3.63) is 75.9 Å². The molecule has 1 amide bonds. The number of amides is 1. The SMILES string of the molecule is CNc1nc(N2CCCC(N)C2)n(Cc2ccccc2Br)c1C(=O)NCC(=O)c1ccccc1. The molecule has 1 aromatic heterocycles. The molecule has 2 aromatic carbocycles. The summed E-state index contributed by atoms with van der Waals surface area (Å²) in [5.41, 5.74) is 8.20. The fourth-order valence-corrected chi connectivity index (χ4v) is 4.61. The molecule has 34 heavy (non-hydrogen) atoms. The van der Waals surface area contributed by atoms with Gasteiger partial charge in [-0.2, -0.15) is 4.98 Å². The number of rotatable bonds is 8. The number of hydrogen-bond acceptors (Lipinski definition) is 6. The van der Waals surface area contributed by atoms with Crippen molar-refractivity contribution in [1.29, 1.82) is 0 Å². The first-order valence-corrected chi connectivity index (χ1v) is 12.2. The lowest BCUT2D eigenvalue weighted by Gasteiger charge is -2.32. The lowest BCUT2D eigenvalue weighted by atomic mass is 10.1. The molecule has 0 spiro atoms. The molecule has 0 saturated carbocycles. The highest BCUT2D eigenvalue weighted by molar-refractivity contribution is 9.10. The smallest absolute Gasteiger partial charge is 0.272 e. The van der Waals surface area contributed by atoms with Crippen LogP contribution >= 0.6 is 15.9 Å². The molecule has 1 aliphatic heterocycles. The van der Waals surface area contributed by atoms with Crippen LogP contribution in [0, 0.1) is 0 Å². The van der Waals surface area contributed by atoms with Crippen LogP contribution in [0.25, 0.3) is 0 Å². The van der Waals surface area contributed by atoms with Crippen LogP contribution in [-0.2, 0) is 6.54 Å². The highest BCUT2D eigenvalue weighted by atomic mass is 79.9. The van der Waals surface area contributed by atoms with Crippen LogP contribution in [0.1, 0.15) is 39.3 Å². The zero-order valence-corrected chi connectivity index (χ0v) is 20.7. The van der Waals surface area contributed by atoms with E-state index in [9.17, 15) is 9.59 Å². The van der Waals surface area contributed by atoms with Gasteiger partial charge < -0.3 is 21.3 Å². The molecular weight excluding hydrogens is 496 g/mol. The molecule has 1 unspecified atom stereocenters. The lowest BCUT2D eigenvalue weighted by Crippen LogP contribution is -2.44. The van der Waals surface area contributed by atoms with Gasteiger partial charge >= 0.3 is 0 Å². The van der Waals surface area contributed by atoms with Crippen LogP contribution in [-0.4, -0.2) is 54.0 Å². The van der Waals surface area contributed by atoms with Gasteiger partial charge in [0.05, 0.1) is 13.1 Å². The Morgan fingerprint density at radius 2 is 1.88 bits per heavy atom. The van der Waals surface area contributed by atoms with Crippen molar-refractivity contribution in [1.82, 2.24) is 14.9 Å². The number of nitrogens with two attached hydrogens (primary N) is 1. The Morgan fingerprint density at radius 3 is 2.59 bits per heavy atom. The first-order chi connectivity index (χ1) is 16.5. The van der Waals surface area contributed by atoms with E-state index in [0.717, 1.165) is 29.4 Å². The molecule has 4 rings (SSSR count). The molecule has 0 bridgehead atoms. The quantitative estimate of drug-likeness (QED) is 0.390. The number of imidazole rings is 1. The molecule has 4 N–H and O–H groups in total. The summed E-state index contributed by atoms with van der Waals surface area (Å²) in [5, 5.41) is 5.85. The third-order valence-corrected chi connectivity index (χ3v) is 6.71. The number of nitrogens with zero attached hydrogens (tertiary/aromatic N) is 3. The van der Waals surface area contributed by atoms with Crippen LogP contribution in [0.4, 0.5) is 11.8 Å². The van der Waals surface area contributed by atoms with Crippen LogP contribution < -0.4 is 21.3 Å². The average molecular weight is 525 g/mol. The van der Waals surface area contributed by atoms with Crippen LogP contribution in [0.2, 0.25) is 0 Å². The van der Waals surface area contributed by atoms with E-state index in [0.29, 0.717) is 36.1 Å². The summed E-state index contributed by atoms with van der Waals surface area (Å²) in [5.74, 6) is 0.639. The second-order valence-corrected chi connectivity index (χ2v) is 9.21. The number of aromatic nitrogens is 2. The Hall–Kier alpha value is -3.17. The number of benzene rings is 2. The monoisotopic (exact) mass is 524 g/mol. The number of Topliss-reactive ketones (excluding diaryl/α,β-unsaturated/α-hetero) is 1. The minimum absolute atomic E-state index is 0.0566. The summed E-state index contributed by atoms with van der Waals surface area (Å²) in [6.45, 7) is 1.82. The summed E-state index contributed by atoms with van der Waals surface area (Å²) in [7, 11) is 1.74. The van der Waals surface area contributed by atoms with E-state index in [1.54, 1.807) is 31.3 Å². The number of anilines is 2. The van der Waals surface area contributed by atoms with Crippen molar-refractivity contribution in [3.63, 3.8) is 0 Å². The van der Waals surface area contributed by atoms with Gasteiger partial charge in [0.25, 0.3) is 5.91 Å². The van der Waals surface area contributed by atoms with Gasteiger partial charge in [-0.05, 0) is 24.5 Å². The van der Waals surface area contributed by atoms with Gasteiger partial charge in [-0.1, -0.05) is 64.5 Å². The van der Waals surface area contributed by atoms with Crippen molar-refractivity contribution in [3.8, 4) is 0 Å². The zero-order chi connectivity index (χ0) is 24.1. The van der Waals surface area contributed by atoms with E-state index in [4.69, 9.17) is 10.7 Å². The lowest BCUT2D eigenvalue weighted by molar-refractivity contribution is 0.0899. The van der Waals surface area contributed by atoms with Gasteiger partial charge in [0.2, 0.25) is 5.95 Å². The molecule has 1 atom stereocenters. The number of carbonyl (C=O) groups excluding carboxylic acids is 2. The van der Waals surface area contributed by atoms with Gasteiger partial charge in [-0.15, -0.1) is 0 Å². The topological polar surface area (TPSA) is 105 Å². The Kier molecular flexibility index (Phi) is 7.64. The highest BCUT2D eigenvalue weighted by Gasteiger charge is 2.28. The number of hydrogen-bond donors (Lipinski definition) is 3. The molecule has 1 saturated heterocycles. The summed E-state index contributed by atoms with van der Waals surface area (Å²) >= 11 is 3.62. The predicted octanol–water partition coefficient (Wildman–Crippen LogP) is 3.28. The molecule has 3 aromatic rings. The Balaban J connectivity index is 1.67. The predicted molar refractivity (Wildman–Crippen MR) is 138 cm³/mol. The van der Waals surface area contributed by atoms with Crippen molar-refractivity contribution >= 4 is 39.4 Å². The number of carbonyl (C=O) groups is 2. The van der Waals surface area contributed by atoms with Gasteiger partial charge in [0.15, 0.2) is 17.3 Å². The van der Waals surface area contributed by atoms with Crippen molar-refractivity contribution in [2.75, 3.05) is 36.9 Å². The number of nitrogens with one attached hydrogen (secondary N) is 2. The van der Waals surface area contributed by atoms with E-state index in [1.165, 1.54) is 0 Å². The van der Waals surface area contributed by atoms with Gasteiger partial charge in [0.1, 0.15) is 0 Å². The summed E-state index contributed by atoms with van der Waals surface area (Å²) in [6, 6.07) is 16.9. The maximum absolute atomic E-state index is 13.4. The molecule has 9 heteroatoms. The third kappa shape index (κ3) is 5.31. The molecule has 1 aliphatic rings. The number of piperidine rings is 1. The average Bonchev–Trinajstić information content (AvgIpc) is 3.22. The normalized spacial score (nSPS) is 15.7. The second-order valence-electron chi connectivity index (χ2n) is 8.36. The Morgan fingerprint density at radius 1 is 1.15 bits per heavy atom. The maximum atomic E-state index is 13.4. The zero-order valence-electron chi connectivity index (χ0n) is 19.1. The minimum Gasteiger partial charge on any atom is -0.371 e. The van der Waals surface area contributed by atoms with Gasteiger partial charge in [-0.3, -0.25) is 14.2 Å². The molecule has 178 valence electrons. The van der Waals surface area contributed by atoms with Crippen molar-refractivity contribution < 1.29 is 9.59 Å². The number of ketones is 1. The molecule has 0 radical (unpaired) electrons. The largest absolute Gasteiger partial charge is 0.371 e. The van der Waals surface area contributed by atoms with E-state index in [2.05, 4.69) is 31.5 Å². The number of halogens is 1. The molecule has 0 aliphatic carbocycles. The van der Waals surface area contributed by atoms with E-state index in [-0.39, 0.29) is 24.3 Å². The molecule has 2 heterocycles. The Labute approximate surface area is 207 Å². The summed E-state index contributed by atoms with van der Waals surface area (Å²) in [6.07, 6.45) is 1.93. The van der Waals surface area contributed by atoms with E-state index < -0.39 is 0 Å². The third-order valence-electron chi connectivity index (χ3n) is 5.93. The van der Waals surface area contributed by atoms with Crippen molar-refractivity contribution in [2.24, 2.45) is 5.73 Å². The fraction of sp³-hybridized carbons (Fsp3) is 0.320. The summed E-state index contributed by atoms with van der Waals surface area (Å²) < 4.78 is 2.85. The Bertz CT molecular complexity index is 1160.